The van der Waals surface area contributed by atoms with Gasteiger partial charge in [0.1, 0.15) is 5.65 Å². The molecule has 3 aromatic heterocycles. The number of H-pyrrole nitrogens is 1. The molecule has 0 saturated heterocycles. The number of benzene rings is 1. The molecule has 0 aliphatic carbocycles. The van der Waals surface area contributed by atoms with Gasteiger partial charge in [-0.2, -0.15) is 0 Å². The minimum atomic E-state index is 0.896. The molecule has 0 saturated carbocycles. The molecule has 0 fully saturated rings. The summed E-state index contributed by atoms with van der Waals surface area (Å²) < 4.78 is 0. The molecule has 3 nitrogen and oxygen atoms in total. The zero-order valence-corrected chi connectivity index (χ0v) is 10.2. The molecule has 0 unspecified atom stereocenters. The van der Waals surface area contributed by atoms with Crippen LogP contribution in [0, 0.1) is 0 Å². The summed E-state index contributed by atoms with van der Waals surface area (Å²) in [6, 6.07) is 16.3. The molecular weight excluding hydrogens is 234 g/mol. The maximum absolute atomic E-state index is 4.72. The topological polar surface area (TPSA) is 41.6 Å². The van der Waals surface area contributed by atoms with Gasteiger partial charge in [0.25, 0.3) is 0 Å². The summed E-state index contributed by atoms with van der Waals surface area (Å²) in [6.45, 7) is 0. The molecule has 0 aliphatic rings. The minimum absolute atomic E-state index is 0.896. The fourth-order valence-corrected chi connectivity index (χ4v) is 2.38. The Labute approximate surface area is 110 Å². The van der Waals surface area contributed by atoms with Crippen LogP contribution >= 0.6 is 0 Å². The van der Waals surface area contributed by atoms with Gasteiger partial charge in [0.05, 0.1) is 11.2 Å². The average molecular weight is 245 g/mol. The molecule has 0 amide bonds. The normalized spacial score (nSPS) is 11.2. The molecule has 0 atom stereocenters. The van der Waals surface area contributed by atoms with E-state index in [0.29, 0.717) is 0 Å². The van der Waals surface area contributed by atoms with E-state index in [2.05, 4.69) is 34.2 Å². The molecule has 3 heteroatoms. The summed E-state index contributed by atoms with van der Waals surface area (Å²) in [5.41, 5.74) is 3.97. The van der Waals surface area contributed by atoms with Crippen LogP contribution in [-0.2, 0) is 0 Å². The Morgan fingerprint density at radius 3 is 2.84 bits per heavy atom. The quantitative estimate of drug-likeness (QED) is 0.554. The lowest BCUT2D eigenvalue weighted by atomic mass is 10.1. The van der Waals surface area contributed by atoms with E-state index in [1.165, 1.54) is 0 Å². The van der Waals surface area contributed by atoms with E-state index < -0.39 is 0 Å². The Bertz CT molecular complexity index is 877. The van der Waals surface area contributed by atoms with Crippen LogP contribution < -0.4 is 0 Å². The standard InChI is InChI=1S/C16H11N3/c1-2-6-14-11(4-1)7-8-15(19-14)13-10-18-16-12(13)5-3-9-17-16/h1-10H,(H,17,18). The van der Waals surface area contributed by atoms with E-state index in [4.69, 9.17) is 4.98 Å². The zero-order valence-electron chi connectivity index (χ0n) is 10.2. The zero-order chi connectivity index (χ0) is 12.7. The second kappa shape index (κ2) is 3.92. The first-order chi connectivity index (χ1) is 9.42. The van der Waals surface area contributed by atoms with Crippen molar-refractivity contribution in [3.8, 4) is 11.3 Å². The second-order valence-corrected chi connectivity index (χ2v) is 4.49. The fraction of sp³-hybridized carbons (Fsp3) is 0. The number of aromatic amines is 1. The number of pyridine rings is 2. The van der Waals surface area contributed by atoms with E-state index in [1.807, 2.05) is 30.5 Å². The van der Waals surface area contributed by atoms with Crippen molar-refractivity contribution >= 4 is 21.9 Å². The van der Waals surface area contributed by atoms with Gasteiger partial charge in [0, 0.05) is 28.7 Å². The van der Waals surface area contributed by atoms with E-state index in [0.717, 1.165) is 33.2 Å². The Morgan fingerprint density at radius 2 is 1.84 bits per heavy atom. The Morgan fingerprint density at radius 1 is 0.895 bits per heavy atom. The van der Waals surface area contributed by atoms with Crippen molar-refractivity contribution in [1.29, 1.82) is 0 Å². The third-order valence-corrected chi connectivity index (χ3v) is 3.33. The largest absolute Gasteiger partial charge is 0.345 e. The molecule has 90 valence electrons. The molecule has 4 aromatic rings. The van der Waals surface area contributed by atoms with Gasteiger partial charge in [0.2, 0.25) is 0 Å². The maximum Gasteiger partial charge on any atom is 0.137 e. The molecular formula is C16H11N3. The highest BCUT2D eigenvalue weighted by Gasteiger charge is 2.07. The Hall–Kier alpha value is -2.68. The smallest absolute Gasteiger partial charge is 0.137 e. The predicted octanol–water partition coefficient (Wildman–Crippen LogP) is 3.78. The van der Waals surface area contributed by atoms with Crippen LogP contribution in [0.4, 0.5) is 0 Å². The van der Waals surface area contributed by atoms with Crippen LogP contribution in [0.25, 0.3) is 33.2 Å². The Balaban J connectivity index is 1.99. The highest BCUT2D eigenvalue weighted by molar-refractivity contribution is 5.93. The van der Waals surface area contributed by atoms with Crippen molar-refractivity contribution in [2.75, 3.05) is 0 Å². The van der Waals surface area contributed by atoms with Gasteiger partial charge in [-0.05, 0) is 24.3 Å². The number of nitrogens with one attached hydrogen (secondary N) is 1. The molecule has 1 aromatic carbocycles. The van der Waals surface area contributed by atoms with Crippen molar-refractivity contribution < 1.29 is 0 Å². The highest BCUT2D eigenvalue weighted by atomic mass is 14.8. The maximum atomic E-state index is 4.72. The second-order valence-electron chi connectivity index (χ2n) is 4.49. The van der Waals surface area contributed by atoms with E-state index in [9.17, 15) is 0 Å². The van der Waals surface area contributed by atoms with Crippen LogP contribution in [0.3, 0.4) is 0 Å². The number of hydrogen-bond donors (Lipinski definition) is 1. The summed E-state index contributed by atoms with van der Waals surface area (Å²) in [5, 5.41) is 2.26. The first-order valence-electron chi connectivity index (χ1n) is 6.20. The van der Waals surface area contributed by atoms with E-state index in [1.54, 1.807) is 6.20 Å². The van der Waals surface area contributed by atoms with Crippen LogP contribution in [0.2, 0.25) is 0 Å². The van der Waals surface area contributed by atoms with Crippen molar-refractivity contribution in [3.05, 3.63) is 60.9 Å². The lowest BCUT2D eigenvalue weighted by Crippen LogP contribution is -1.84. The number of para-hydroxylation sites is 1. The highest BCUT2D eigenvalue weighted by Crippen LogP contribution is 2.27. The van der Waals surface area contributed by atoms with Crippen LogP contribution in [0.15, 0.2) is 60.9 Å². The van der Waals surface area contributed by atoms with E-state index in [-0.39, 0.29) is 0 Å². The van der Waals surface area contributed by atoms with Crippen LogP contribution in [0.1, 0.15) is 0 Å². The van der Waals surface area contributed by atoms with Crippen LogP contribution in [-0.4, -0.2) is 15.0 Å². The van der Waals surface area contributed by atoms with Crippen molar-refractivity contribution in [2.24, 2.45) is 0 Å². The lowest BCUT2D eigenvalue weighted by Gasteiger charge is -2.01. The Kier molecular flexibility index (Phi) is 2.12. The third-order valence-electron chi connectivity index (χ3n) is 3.33. The van der Waals surface area contributed by atoms with Gasteiger partial charge in [0.15, 0.2) is 0 Å². The summed E-state index contributed by atoms with van der Waals surface area (Å²) in [5.74, 6) is 0. The molecule has 0 aliphatic heterocycles. The van der Waals surface area contributed by atoms with Gasteiger partial charge in [-0.25, -0.2) is 9.97 Å². The molecule has 0 radical (unpaired) electrons. The molecule has 4 rings (SSSR count). The van der Waals surface area contributed by atoms with Crippen molar-refractivity contribution in [3.63, 3.8) is 0 Å². The lowest BCUT2D eigenvalue weighted by molar-refractivity contribution is 1.32. The monoisotopic (exact) mass is 245 g/mol. The summed E-state index contributed by atoms with van der Waals surface area (Å²) in [4.78, 5) is 12.2. The molecule has 3 heterocycles. The van der Waals surface area contributed by atoms with Gasteiger partial charge >= 0.3 is 0 Å². The van der Waals surface area contributed by atoms with Crippen LogP contribution in [0.5, 0.6) is 0 Å². The summed E-state index contributed by atoms with van der Waals surface area (Å²) in [6.07, 6.45) is 3.76. The van der Waals surface area contributed by atoms with Gasteiger partial charge in [-0.1, -0.05) is 24.3 Å². The third kappa shape index (κ3) is 1.59. The molecule has 0 spiro atoms. The molecule has 19 heavy (non-hydrogen) atoms. The first kappa shape index (κ1) is 10.3. The number of hydrogen-bond acceptors (Lipinski definition) is 2. The molecule has 0 bridgehead atoms. The predicted molar refractivity (Wildman–Crippen MR) is 76.8 cm³/mol. The summed E-state index contributed by atoms with van der Waals surface area (Å²) >= 11 is 0. The first-order valence-corrected chi connectivity index (χ1v) is 6.20. The number of nitrogens with zero attached hydrogens (tertiary/aromatic N) is 2. The minimum Gasteiger partial charge on any atom is -0.345 e. The summed E-state index contributed by atoms with van der Waals surface area (Å²) in [7, 11) is 0. The van der Waals surface area contributed by atoms with Gasteiger partial charge < -0.3 is 4.98 Å². The number of fused-ring (bicyclic) bond motifs is 2. The van der Waals surface area contributed by atoms with Gasteiger partial charge in [-0.3, -0.25) is 0 Å². The average Bonchev–Trinajstić information content (AvgIpc) is 2.91. The number of rotatable bonds is 1. The fourth-order valence-electron chi connectivity index (χ4n) is 2.38. The number of aromatic nitrogens is 3. The van der Waals surface area contributed by atoms with Gasteiger partial charge in [-0.15, -0.1) is 0 Å². The molecule has 1 N–H and O–H groups in total. The SMILES string of the molecule is c1ccc2nc(-c3c[nH]c4ncccc34)ccc2c1. The van der Waals surface area contributed by atoms with Crippen molar-refractivity contribution in [2.45, 2.75) is 0 Å². The van der Waals surface area contributed by atoms with E-state index >= 15 is 0 Å². The van der Waals surface area contributed by atoms with Crippen molar-refractivity contribution in [1.82, 2.24) is 15.0 Å².